The number of nitrogens with zero attached hydrogens (tertiary/aromatic N) is 1. The first-order valence-corrected chi connectivity index (χ1v) is 14.1. The third kappa shape index (κ3) is 10.5. The molecule has 0 aromatic heterocycles. The van der Waals surface area contributed by atoms with E-state index in [0.717, 1.165) is 23.8 Å². The third-order valence-corrected chi connectivity index (χ3v) is 6.81. The molecule has 14 heteroatoms. The van der Waals surface area contributed by atoms with E-state index in [1.165, 1.54) is 11.0 Å². The molecule has 4 atom stereocenters. The largest absolute Gasteiger partial charge is 0.444 e. The van der Waals surface area contributed by atoms with Crippen LogP contribution in [-0.4, -0.2) is 71.6 Å². The molecular weight excluding hydrogens is 581 g/mol. The number of hydrogen-bond donors (Lipinski definition) is 5. The fraction of sp³-hybridized carbons (Fsp3) is 0.467. The molecule has 4 amide bonds. The highest BCUT2D eigenvalue weighted by atomic mass is 19.4. The predicted octanol–water partition coefficient (Wildman–Crippen LogP) is 2.54. The minimum atomic E-state index is -4.63. The predicted molar refractivity (Wildman–Crippen MR) is 157 cm³/mol. The van der Waals surface area contributed by atoms with Crippen molar-refractivity contribution in [2.24, 2.45) is 11.5 Å². The maximum atomic E-state index is 13.6. The van der Waals surface area contributed by atoms with Crippen molar-refractivity contribution in [3.8, 4) is 0 Å². The van der Waals surface area contributed by atoms with Gasteiger partial charge < -0.3 is 37.1 Å². The van der Waals surface area contributed by atoms with Gasteiger partial charge in [0, 0.05) is 30.9 Å². The van der Waals surface area contributed by atoms with Crippen LogP contribution in [0.15, 0.2) is 54.6 Å². The van der Waals surface area contributed by atoms with Crippen LogP contribution in [0.25, 0.3) is 0 Å². The summed E-state index contributed by atoms with van der Waals surface area (Å²) in [4.78, 5) is 54.0. The number of hydrogen-bond acceptors (Lipinski definition) is 7. The van der Waals surface area contributed by atoms with Crippen LogP contribution in [0, 0.1) is 0 Å². The Balaban J connectivity index is 1.82. The van der Waals surface area contributed by atoms with Crippen LogP contribution in [0.3, 0.4) is 0 Å². The molecule has 0 bridgehead atoms. The maximum absolute atomic E-state index is 13.6. The molecule has 11 nitrogen and oxygen atoms in total. The Hall–Kier alpha value is -4.17. The molecule has 0 radical (unpaired) electrons. The van der Waals surface area contributed by atoms with Crippen molar-refractivity contribution in [3.63, 3.8) is 0 Å². The van der Waals surface area contributed by atoms with E-state index >= 15 is 0 Å². The molecule has 2 aromatic rings. The van der Waals surface area contributed by atoms with Gasteiger partial charge in [0.25, 0.3) is 0 Å². The lowest BCUT2D eigenvalue weighted by molar-refractivity contribution is -0.137. The van der Waals surface area contributed by atoms with Crippen molar-refractivity contribution in [2.45, 2.75) is 76.0 Å². The zero-order valence-corrected chi connectivity index (χ0v) is 24.8. The molecule has 0 spiro atoms. The van der Waals surface area contributed by atoms with Gasteiger partial charge in [0.05, 0.1) is 12.0 Å². The van der Waals surface area contributed by atoms with E-state index in [4.69, 9.17) is 16.2 Å². The van der Waals surface area contributed by atoms with Crippen LogP contribution in [-0.2, 0) is 31.7 Å². The van der Waals surface area contributed by atoms with Crippen molar-refractivity contribution in [3.05, 3.63) is 65.7 Å². The number of nitrogens with two attached hydrogens (primary N) is 2. The van der Waals surface area contributed by atoms with Gasteiger partial charge in [-0.15, -0.1) is 0 Å². The van der Waals surface area contributed by atoms with Crippen LogP contribution in [0.1, 0.15) is 44.7 Å². The van der Waals surface area contributed by atoms with Crippen molar-refractivity contribution in [1.82, 2.24) is 15.5 Å². The van der Waals surface area contributed by atoms with Gasteiger partial charge in [-0.2, -0.15) is 13.2 Å². The molecule has 1 aliphatic heterocycles. The van der Waals surface area contributed by atoms with E-state index < -0.39 is 71.7 Å². The monoisotopic (exact) mass is 620 g/mol. The highest BCUT2D eigenvalue weighted by molar-refractivity contribution is 5.99. The number of carbonyl (C=O) groups is 4. The van der Waals surface area contributed by atoms with Gasteiger partial charge in [0.2, 0.25) is 17.7 Å². The van der Waals surface area contributed by atoms with Gasteiger partial charge in [-0.05, 0) is 57.4 Å². The second-order valence-corrected chi connectivity index (χ2v) is 11.7. The Labute approximate surface area is 253 Å². The summed E-state index contributed by atoms with van der Waals surface area (Å²) in [7, 11) is 0. The van der Waals surface area contributed by atoms with Gasteiger partial charge in [-0.25, -0.2) is 4.79 Å². The fourth-order valence-electron chi connectivity index (χ4n) is 4.52. The number of aryl methyl sites for hydroxylation is 1. The maximum Gasteiger partial charge on any atom is 0.416 e. The van der Waals surface area contributed by atoms with Gasteiger partial charge >= 0.3 is 12.3 Å². The number of alkyl halides is 3. The molecule has 1 saturated heterocycles. The Morgan fingerprint density at radius 3 is 2.14 bits per heavy atom. The molecule has 2 aromatic carbocycles. The summed E-state index contributed by atoms with van der Waals surface area (Å²) >= 11 is 0. The minimum absolute atomic E-state index is 0.0590. The first-order chi connectivity index (χ1) is 20.5. The SMILES string of the molecule is CC(C)(C)OC(=O)N[C@@H](CC(=O)N1C[C@H](N)[C@@H](N)C1)C(=O)N[C@@H](CCc1ccccc1)C(=O)Nc1cccc(C(F)(F)F)c1. The van der Waals surface area contributed by atoms with Gasteiger partial charge in [0.15, 0.2) is 0 Å². The number of anilines is 1. The van der Waals surface area contributed by atoms with Crippen molar-refractivity contribution in [2.75, 3.05) is 18.4 Å². The standard InChI is InChI=1S/C30H39F3N6O5/c1-29(2,3)44-28(43)38-24(15-25(40)39-16-21(34)22(35)17-39)27(42)37-23(13-12-18-8-5-4-6-9-18)26(41)36-20-11-7-10-19(14-20)30(31,32)33/h4-11,14,21-24H,12-13,15-17,34-35H2,1-3H3,(H,36,41)(H,37,42)(H,38,43)/t21-,22-,23-,24-/m0/s1. The molecule has 1 fully saturated rings. The number of nitrogens with one attached hydrogen (secondary N) is 3. The molecule has 1 aliphatic rings. The second-order valence-electron chi connectivity index (χ2n) is 11.7. The van der Waals surface area contributed by atoms with Gasteiger partial charge in [-0.1, -0.05) is 36.4 Å². The van der Waals surface area contributed by atoms with Crippen molar-refractivity contribution >= 4 is 29.5 Å². The zero-order chi connectivity index (χ0) is 32.7. The summed E-state index contributed by atoms with van der Waals surface area (Å²) in [5, 5.41) is 7.41. The Morgan fingerprint density at radius 2 is 1.55 bits per heavy atom. The van der Waals surface area contributed by atoms with Crippen LogP contribution in [0.4, 0.5) is 23.7 Å². The number of alkyl carbamates (subject to hydrolysis) is 1. The van der Waals surface area contributed by atoms with E-state index in [2.05, 4.69) is 16.0 Å². The van der Waals surface area contributed by atoms with E-state index in [1.54, 1.807) is 32.9 Å². The van der Waals surface area contributed by atoms with E-state index in [0.29, 0.717) is 6.42 Å². The molecule has 0 saturated carbocycles. The lowest BCUT2D eigenvalue weighted by Crippen LogP contribution is -2.54. The van der Waals surface area contributed by atoms with E-state index in [9.17, 15) is 32.3 Å². The molecule has 1 heterocycles. The molecule has 3 rings (SSSR count). The van der Waals surface area contributed by atoms with Crippen molar-refractivity contribution in [1.29, 1.82) is 0 Å². The quantitative estimate of drug-likeness (QED) is 0.272. The molecule has 0 aliphatic carbocycles. The summed E-state index contributed by atoms with van der Waals surface area (Å²) < 4.78 is 45.0. The van der Waals surface area contributed by atoms with Gasteiger partial charge in [-0.3, -0.25) is 14.4 Å². The second kappa shape index (κ2) is 14.5. The number of likely N-dealkylation sites (tertiary alicyclic amines) is 1. The highest BCUT2D eigenvalue weighted by Crippen LogP contribution is 2.30. The molecule has 44 heavy (non-hydrogen) atoms. The van der Waals surface area contributed by atoms with E-state index in [-0.39, 0.29) is 25.2 Å². The Morgan fingerprint density at radius 1 is 0.909 bits per heavy atom. The number of rotatable bonds is 10. The first kappa shape index (κ1) is 34.3. The average molecular weight is 621 g/mol. The normalized spacial score (nSPS) is 18.2. The van der Waals surface area contributed by atoms with Crippen LogP contribution in [0.5, 0.6) is 0 Å². The van der Waals surface area contributed by atoms with E-state index in [1.807, 2.05) is 18.2 Å². The number of carbonyl (C=O) groups excluding carboxylic acids is 4. The lowest BCUT2D eigenvalue weighted by Gasteiger charge is -2.26. The summed E-state index contributed by atoms with van der Waals surface area (Å²) in [6.45, 7) is 5.20. The van der Waals surface area contributed by atoms with Gasteiger partial charge in [0.1, 0.15) is 17.7 Å². The average Bonchev–Trinajstić information content (AvgIpc) is 3.27. The minimum Gasteiger partial charge on any atom is -0.444 e. The third-order valence-electron chi connectivity index (χ3n) is 6.81. The fourth-order valence-corrected chi connectivity index (χ4v) is 4.52. The topological polar surface area (TPSA) is 169 Å². The number of ether oxygens (including phenoxy) is 1. The van der Waals surface area contributed by atoms with Crippen LogP contribution in [0.2, 0.25) is 0 Å². The Bertz CT molecular complexity index is 1310. The number of halogens is 3. The first-order valence-electron chi connectivity index (χ1n) is 14.1. The summed E-state index contributed by atoms with van der Waals surface area (Å²) in [5.74, 6) is -2.15. The Kier molecular flexibility index (Phi) is 11.3. The molecular formula is C30H39F3N6O5. The van der Waals surface area contributed by atoms with Crippen molar-refractivity contribution < 1.29 is 37.1 Å². The molecule has 0 unspecified atom stereocenters. The molecule has 7 N–H and O–H groups in total. The summed E-state index contributed by atoms with van der Waals surface area (Å²) in [5.41, 5.74) is 10.7. The molecule has 240 valence electrons. The van der Waals surface area contributed by atoms with Crippen LogP contribution >= 0.6 is 0 Å². The highest BCUT2D eigenvalue weighted by Gasteiger charge is 2.35. The zero-order valence-electron chi connectivity index (χ0n) is 24.8. The van der Waals surface area contributed by atoms with Crippen LogP contribution < -0.4 is 27.4 Å². The smallest absolute Gasteiger partial charge is 0.416 e. The summed E-state index contributed by atoms with van der Waals surface area (Å²) in [6, 6.07) is 9.54. The number of benzene rings is 2. The number of amides is 4. The lowest BCUT2D eigenvalue weighted by atomic mass is 10.0. The summed E-state index contributed by atoms with van der Waals surface area (Å²) in [6.07, 6.45) is -5.68.